The molecule has 2 aromatic carbocycles. The van der Waals surface area contributed by atoms with Gasteiger partial charge in [-0.1, -0.05) is 41.9 Å². The van der Waals surface area contributed by atoms with Crippen LogP contribution in [0.5, 0.6) is 11.8 Å². The Morgan fingerprint density at radius 3 is 2.25 bits per heavy atom. The van der Waals surface area contributed by atoms with E-state index in [0.29, 0.717) is 11.1 Å². The molecule has 3 aromatic rings. The van der Waals surface area contributed by atoms with Gasteiger partial charge >= 0.3 is 0 Å². The van der Waals surface area contributed by atoms with Crippen LogP contribution < -0.4 is 5.14 Å². The first-order chi connectivity index (χ1) is 11.3. The molecule has 0 radical (unpaired) electrons. The number of hydrogen-bond acceptors (Lipinski definition) is 4. The molecular formula is C16H13ClN2O4S. The largest absolute Gasteiger partial charge is 0.494 e. The SMILES string of the molecule is NS(=O)(=O)c1ccc(-n2c(O)cc(-c3ccccc3)c2O)c(Cl)c1. The fraction of sp³-hybridized carbons (Fsp3) is 0. The standard InChI is InChI=1S/C16H13ClN2O4S/c17-13-8-11(24(18,22)23)6-7-14(13)19-15(20)9-12(16(19)21)10-4-2-1-3-5-10/h1-9,20-21H,(H2,18,22,23). The molecule has 0 aliphatic carbocycles. The van der Waals surface area contributed by atoms with Crippen LogP contribution >= 0.6 is 11.6 Å². The molecule has 1 aromatic heterocycles. The molecule has 1 heterocycles. The van der Waals surface area contributed by atoms with Gasteiger partial charge < -0.3 is 10.2 Å². The Bertz CT molecular complexity index is 1010. The van der Waals surface area contributed by atoms with Crippen LogP contribution in [0.1, 0.15) is 0 Å². The number of primary sulfonamides is 1. The van der Waals surface area contributed by atoms with E-state index in [9.17, 15) is 18.6 Å². The first kappa shape index (κ1) is 16.4. The lowest BCUT2D eigenvalue weighted by Crippen LogP contribution is -2.12. The topological polar surface area (TPSA) is 106 Å². The van der Waals surface area contributed by atoms with Crippen molar-refractivity contribution in [3.8, 4) is 28.6 Å². The summed E-state index contributed by atoms with van der Waals surface area (Å²) < 4.78 is 23.9. The fourth-order valence-electron chi connectivity index (χ4n) is 2.40. The third-order valence-corrected chi connectivity index (χ3v) is 4.74. The Morgan fingerprint density at radius 2 is 1.67 bits per heavy atom. The normalized spacial score (nSPS) is 11.6. The van der Waals surface area contributed by atoms with Crippen molar-refractivity contribution in [1.29, 1.82) is 0 Å². The molecule has 0 saturated carbocycles. The van der Waals surface area contributed by atoms with E-state index in [-0.39, 0.29) is 27.4 Å². The zero-order chi connectivity index (χ0) is 17.5. The summed E-state index contributed by atoms with van der Waals surface area (Å²) in [5.41, 5.74) is 1.35. The zero-order valence-corrected chi connectivity index (χ0v) is 13.8. The molecule has 0 atom stereocenters. The van der Waals surface area contributed by atoms with E-state index < -0.39 is 10.0 Å². The predicted molar refractivity (Wildman–Crippen MR) is 90.9 cm³/mol. The number of aromatic nitrogens is 1. The summed E-state index contributed by atoms with van der Waals surface area (Å²) >= 11 is 6.11. The van der Waals surface area contributed by atoms with Gasteiger partial charge in [-0.2, -0.15) is 0 Å². The Hall–Kier alpha value is -2.48. The van der Waals surface area contributed by atoms with Crippen molar-refractivity contribution in [3.05, 3.63) is 59.6 Å². The fourth-order valence-corrected chi connectivity index (χ4v) is 3.27. The average Bonchev–Trinajstić information content (AvgIpc) is 2.82. The molecule has 0 unspecified atom stereocenters. The van der Waals surface area contributed by atoms with Gasteiger partial charge in [0.05, 0.1) is 15.6 Å². The van der Waals surface area contributed by atoms with Crippen LogP contribution in [-0.2, 0) is 10.0 Å². The Morgan fingerprint density at radius 1 is 1.00 bits per heavy atom. The first-order valence-electron chi connectivity index (χ1n) is 6.81. The number of hydrogen-bond donors (Lipinski definition) is 3. The molecule has 0 saturated heterocycles. The lowest BCUT2D eigenvalue weighted by molar-refractivity contribution is 0.403. The van der Waals surface area contributed by atoms with Gasteiger partial charge in [-0.15, -0.1) is 0 Å². The van der Waals surface area contributed by atoms with Crippen molar-refractivity contribution in [2.24, 2.45) is 5.14 Å². The van der Waals surface area contributed by atoms with E-state index in [1.165, 1.54) is 18.2 Å². The average molecular weight is 365 g/mol. The zero-order valence-electron chi connectivity index (χ0n) is 12.2. The van der Waals surface area contributed by atoms with E-state index in [2.05, 4.69) is 0 Å². The lowest BCUT2D eigenvalue weighted by atomic mass is 10.1. The van der Waals surface area contributed by atoms with Crippen molar-refractivity contribution < 1.29 is 18.6 Å². The summed E-state index contributed by atoms with van der Waals surface area (Å²) in [6.07, 6.45) is 0. The maximum Gasteiger partial charge on any atom is 0.238 e. The van der Waals surface area contributed by atoms with Gasteiger partial charge in [-0.3, -0.25) is 0 Å². The molecule has 24 heavy (non-hydrogen) atoms. The van der Waals surface area contributed by atoms with E-state index >= 15 is 0 Å². The second kappa shape index (κ2) is 5.86. The molecular weight excluding hydrogens is 352 g/mol. The number of aromatic hydroxyl groups is 2. The number of sulfonamides is 1. The van der Waals surface area contributed by atoms with Crippen LogP contribution in [-0.4, -0.2) is 23.2 Å². The van der Waals surface area contributed by atoms with Gasteiger partial charge in [0.2, 0.25) is 15.9 Å². The summed E-state index contributed by atoms with van der Waals surface area (Å²) in [6.45, 7) is 0. The van der Waals surface area contributed by atoms with E-state index in [1.807, 2.05) is 6.07 Å². The number of benzene rings is 2. The van der Waals surface area contributed by atoms with Crippen LogP contribution in [0.4, 0.5) is 0 Å². The molecule has 3 rings (SSSR count). The molecule has 0 bridgehead atoms. The van der Waals surface area contributed by atoms with Gasteiger partial charge in [0.25, 0.3) is 0 Å². The minimum atomic E-state index is -3.90. The summed E-state index contributed by atoms with van der Waals surface area (Å²) in [5, 5.41) is 25.7. The van der Waals surface area contributed by atoms with Crippen LogP contribution in [0.15, 0.2) is 59.5 Å². The highest BCUT2D eigenvalue weighted by molar-refractivity contribution is 7.89. The Kier molecular flexibility index (Phi) is 4.00. The molecule has 0 aliphatic rings. The van der Waals surface area contributed by atoms with E-state index in [4.69, 9.17) is 16.7 Å². The molecule has 4 N–H and O–H groups in total. The molecule has 6 nitrogen and oxygen atoms in total. The van der Waals surface area contributed by atoms with Gasteiger partial charge in [0.1, 0.15) is 0 Å². The van der Waals surface area contributed by atoms with Crippen molar-refractivity contribution in [3.63, 3.8) is 0 Å². The minimum Gasteiger partial charge on any atom is -0.494 e. The molecule has 0 spiro atoms. The molecule has 8 heteroatoms. The molecule has 124 valence electrons. The van der Waals surface area contributed by atoms with Gasteiger partial charge in [0.15, 0.2) is 5.88 Å². The number of halogens is 1. The molecule has 0 aliphatic heterocycles. The van der Waals surface area contributed by atoms with Crippen LogP contribution in [0.2, 0.25) is 5.02 Å². The molecule has 0 amide bonds. The number of rotatable bonds is 3. The quantitative estimate of drug-likeness (QED) is 0.664. The van der Waals surface area contributed by atoms with Crippen LogP contribution in [0, 0.1) is 0 Å². The van der Waals surface area contributed by atoms with E-state index in [0.717, 1.165) is 10.6 Å². The van der Waals surface area contributed by atoms with Crippen molar-refractivity contribution >= 4 is 21.6 Å². The minimum absolute atomic E-state index is 0.0161. The maximum atomic E-state index is 11.4. The third-order valence-electron chi connectivity index (χ3n) is 3.53. The van der Waals surface area contributed by atoms with Crippen molar-refractivity contribution in [2.75, 3.05) is 0 Å². The number of nitrogens with zero attached hydrogens (tertiary/aromatic N) is 1. The van der Waals surface area contributed by atoms with Crippen LogP contribution in [0.3, 0.4) is 0 Å². The second-order valence-electron chi connectivity index (χ2n) is 5.10. The van der Waals surface area contributed by atoms with Crippen molar-refractivity contribution in [1.82, 2.24) is 4.57 Å². The third kappa shape index (κ3) is 2.84. The highest BCUT2D eigenvalue weighted by Crippen LogP contribution is 2.40. The Labute approximate surface area is 143 Å². The highest BCUT2D eigenvalue weighted by atomic mass is 35.5. The second-order valence-corrected chi connectivity index (χ2v) is 7.07. The number of nitrogens with two attached hydrogens (primary N) is 1. The van der Waals surface area contributed by atoms with Gasteiger partial charge in [0, 0.05) is 11.6 Å². The van der Waals surface area contributed by atoms with Gasteiger partial charge in [-0.05, 0) is 23.8 Å². The summed E-state index contributed by atoms with van der Waals surface area (Å²) in [7, 11) is -3.90. The summed E-state index contributed by atoms with van der Waals surface area (Å²) in [6, 6.07) is 14.2. The lowest BCUT2D eigenvalue weighted by Gasteiger charge is -2.10. The highest BCUT2D eigenvalue weighted by Gasteiger charge is 2.19. The smallest absolute Gasteiger partial charge is 0.238 e. The van der Waals surface area contributed by atoms with E-state index in [1.54, 1.807) is 24.3 Å². The molecule has 0 fully saturated rings. The maximum absolute atomic E-state index is 11.4. The predicted octanol–water partition coefficient (Wildman–Crippen LogP) is 2.86. The van der Waals surface area contributed by atoms with Gasteiger partial charge in [-0.25, -0.2) is 18.1 Å². The monoisotopic (exact) mass is 364 g/mol. The summed E-state index contributed by atoms with van der Waals surface area (Å²) in [5.74, 6) is -0.458. The van der Waals surface area contributed by atoms with Crippen LogP contribution in [0.25, 0.3) is 16.8 Å². The summed E-state index contributed by atoms with van der Waals surface area (Å²) in [4.78, 5) is -0.161. The van der Waals surface area contributed by atoms with Crippen molar-refractivity contribution in [2.45, 2.75) is 4.90 Å². The first-order valence-corrected chi connectivity index (χ1v) is 8.73. The Balaban J connectivity index is 2.16.